The van der Waals surface area contributed by atoms with Gasteiger partial charge in [0.25, 0.3) is 0 Å². The Balaban J connectivity index is 2.13. The van der Waals surface area contributed by atoms with Gasteiger partial charge in [0, 0.05) is 23.9 Å². The van der Waals surface area contributed by atoms with Gasteiger partial charge in [-0.15, -0.1) is 0 Å². The number of nitrogens with one attached hydrogen (secondary N) is 2. The van der Waals surface area contributed by atoms with Crippen LogP contribution >= 0.6 is 0 Å². The third kappa shape index (κ3) is 1.25. The van der Waals surface area contributed by atoms with E-state index in [1.54, 1.807) is 6.33 Å². The Hall–Kier alpha value is -0.830. The first kappa shape index (κ1) is 7.80. The molecule has 0 radical (unpaired) electrons. The topological polar surface area (TPSA) is 40.7 Å². The van der Waals surface area contributed by atoms with Crippen LogP contribution in [0.3, 0.4) is 0 Å². The molecular formula is C9H15N3. The minimum Gasteiger partial charge on any atom is -0.348 e. The summed E-state index contributed by atoms with van der Waals surface area (Å²) in [5.74, 6) is 0.650. The van der Waals surface area contributed by atoms with E-state index >= 15 is 0 Å². The summed E-state index contributed by atoms with van der Waals surface area (Å²) in [5, 5.41) is 3.50. The smallest absolute Gasteiger partial charge is 0.0921 e. The average Bonchev–Trinajstić information content (AvgIpc) is 2.74. The number of hydrogen-bond donors (Lipinski definition) is 2. The molecule has 2 heterocycles. The Kier molecular flexibility index (Phi) is 2.13. The Morgan fingerprint density at radius 3 is 3.25 bits per heavy atom. The van der Waals surface area contributed by atoms with Crippen molar-refractivity contribution in [3.8, 4) is 0 Å². The lowest BCUT2D eigenvalue weighted by Gasteiger charge is -2.15. The van der Waals surface area contributed by atoms with Crippen molar-refractivity contribution in [3.05, 3.63) is 18.2 Å². The number of H-pyrrole nitrogens is 1. The molecule has 0 aliphatic carbocycles. The third-order valence-corrected chi connectivity index (χ3v) is 2.71. The molecule has 1 aliphatic rings. The SMILES string of the molecule is CC[C@H]1NCC[C@@H]1c1cnc[nH]1. The molecule has 0 aromatic carbocycles. The zero-order valence-electron chi connectivity index (χ0n) is 7.38. The van der Waals surface area contributed by atoms with Crippen molar-refractivity contribution >= 4 is 0 Å². The van der Waals surface area contributed by atoms with E-state index in [-0.39, 0.29) is 0 Å². The van der Waals surface area contributed by atoms with E-state index < -0.39 is 0 Å². The molecular weight excluding hydrogens is 150 g/mol. The lowest BCUT2D eigenvalue weighted by atomic mass is 9.96. The normalized spacial score (nSPS) is 29.4. The van der Waals surface area contributed by atoms with Crippen molar-refractivity contribution in [2.45, 2.75) is 31.7 Å². The Bertz CT molecular complexity index is 230. The van der Waals surface area contributed by atoms with Crippen LogP contribution in [0.2, 0.25) is 0 Å². The molecule has 3 heteroatoms. The van der Waals surface area contributed by atoms with Crippen LogP contribution in [0.15, 0.2) is 12.5 Å². The molecule has 1 aliphatic heterocycles. The highest BCUT2D eigenvalue weighted by molar-refractivity contribution is 5.10. The van der Waals surface area contributed by atoms with Crippen molar-refractivity contribution in [1.29, 1.82) is 0 Å². The summed E-state index contributed by atoms with van der Waals surface area (Å²) in [7, 11) is 0. The molecule has 1 saturated heterocycles. The van der Waals surface area contributed by atoms with Gasteiger partial charge in [-0.25, -0.2) is 4.98 Å². The molecule has 0 unspecified atom stereocenters. The zero-order valence-corrected chi connectivity index (χ0v) is 7.38. The fourth-order valence-corrected chi connectivity index (χ4v) is 2.04. The van der Waals surface area contributed by atoms with E-state index in [9.17, 15) is 0 Å². The van der Waals surface area contributed by atoms with Gasteiger partial charge in [-0.1, -0.05) is 6.92 Å². The van der Waals surface area contributed by atoms with Gasteiger partial charge in [-0.2, -0.15) is 0 Å². The van der Waals surface area contributed by atoms with Gasteiger partial charge in [0.05, 0.1) is 6.33 Å². The van der Waals surface area contributed by atoms with E-state index in [1.165, 1.54) is 18.5 Å². The molecule has 1 fully saturated rings. The second-order valence-electron chi connectivity index (χ2n) is 3.37. The number of hydrogen-bond acceptors (Lipinski definition) is 2. The second-order valence-corrected chi connectivity index (χ2v) is 3.37. The first-order valence-electron chi connectivity index (χ1n) is 4.63. The highest BCUT2D eigenvalue weighted by atomic mass is 15.0. The first-order chi connectivity index (χ1) is 5.92. The summed E-state index contributed by atoms with van der Waals surface area (Å²) in [6.45, 7) is 3.37. The molecule has 12 heavy (non-hydrogen) atoms. The Morgan fingerprint density at radius 1 is 1.67 bits per heavy atom. The maximum Gasteiger partial charge on any atom is 0.0921 e. The predicted octanol–water partition coefficient (Wildman–Crippen LogP) is 1.27. The van der Waals surface area contributed by atoms with E-state index in [2.05, 4.69) is 22.2 Å². The molecule has 66 valence electrons. The average molecular weight is 165 g/mol. The van der Waals surface area contributed by atoms with Gasteiger partial charge in [0.2, 0.25) is 0 Å². The predicted molar refractivity (Wildman–Crippen MR) is 48.0 cm³/mol. The van der Waals surface area contributed by atoms with Crippen molar-refractivity contribution in [1.82, 2.24) is 15.3 Å². The number of nitrogens with zero attached hydrogens (tertiary/aromatic N) is 1. The number of imidazole rings is 1. The van der Waals surface area contributed by atoms with Gasteiger partial charge in [-0.3, -0.25) is 0 Å². The van der Waals surface area contributed by atoms with E-state index in [0.717, 1.165) is 6.54 Å². The molecule has 0 spiro atoms. The number of aromatic nitrogens is 2. The minimum atomic E-state index is 0.644. The zero-order chi connectivity index (χ0) is 8.39. The van der Waals surface area contributed by atoms with Crippen molar-refractivity contribution in [2.24, 2.45) is 0 Å². The van der Waals surface area contributed by atoms with Crippen LogP contribution in [-0.4, -0.2) is 22.6 Å². The number of aromatic amines is 1. The molecule has 0 bridgehead atoms. The van der Waals surface area contributed by atoms with Gasteiger partial charge in [0.15, 0.2) is 0 Å². The fraction of sp³-hybridized carbons (Fsp3) is 0.667. The second kappa shape index (κ2) is 3.27. The molecule has 2 atom stereocenters. The molecule has 0 saturated carbocycles. The maximum absolute atomic E-state index is 4.05. The third-order valence-electron chi connectivity index (χ3n) is 2.71. The van der Waals surface area contributed by atoms with Crippen LogP contribution in [0.1, 0.15) is 31.4 Å². The molecule has 1 aromatic heterocycles. The lowest BCUT2D eigenvalue weighted by Crippen LogP contribution is -2.24. The largest absolute Gasteiger partial charge is 0.348 e. The van der Waals surface area contributed by atoms with Crippen molar-refractivity contribution in [2.75, 3.05) is 6.54 Å². The standard InChI is InChI=1S/C9H15N3/c1-2-8-7(3-4-11-8)9-5-10-6-12-9/h5-8,11H,2-4H2,1H3,(H,10,12)/t7-,8+/m0/s1. The van der Waals surface area contributed by atoms with Crippen LogP contribution in [0.5, 0.6) is 0 Å². The number of rotatable bonds is 2. The molecule has 2 N–H and O–H groups in total. The molecule has 3 nitrogen and oxygen atoms in total. The van der Waals surface area contributed by atoms with Crippen LogP contribution in [0, 0.1) is 0 Å². The molecule has 0 amide bonds. The van der Waals surface area contributed by atoms with Crippen LogP contribution in [0.4, 0.5) is 0 Å². The highest BCUT2D eigenvalue weighted by Gasteiger charge is 2.27. The quantitative estimate of drug-likeness (QED) is 0.692. The van der Waals surface area contributed by atoms with Crippen molar-refractivity contribution < 1.29 is 0 Å². The summed E-state index contributed by atoms with van der Waals surface area (Å²) in [4.78, 5) is 7.24. The Labute approximate surface area is 72.6 Å². The summed E-state index contributed by atoms with van der Waals surface area (Å²) < 4.78 is 0. The van der Waals surface area contributed by atoms with Crippen LogP contribution in [0.25, 0.3) is 0 Å². The Morgan fingerprint density at radius 2 is 2.58 bits per heavy atom. The van der Waals surface area contributed by atoms with Crippen molar-refractivity contribution in [3.63, 3.8) is 0 Å². The maximum atomic E-state index is 4.05. The summed E-state index contributed by atoms with van der Waals surface area (Å²) in [5.41, 5.74) is 1.28. The van der Waals surface area contributed by atoms with E-state index in [4.69, 9.17) is 0 Å². The van der Waals surface area contributed by atoms with Crippen LogP contribution in [-0.2, 0) is 0 Å². The van der Waals surface area contributed by atoms with Gasteiger partial charge >= 0.3 is 0 Å². The lowest BCUT2D eigenvalue weighted by molar-refractivity contribution is 0.524. The molecule has 1 aromatic rings. The summed E-state index contributed by atoms with van der Waals surface area (Å²) in [6, 6.07) is 0.644. The van der Waals surface area contributed by atoms with Crippen LogP contribution < -0.4 is 5.32 Å². The van der Waals surface area contributed by atoms with Gasteiger partial charge < -0.3 is 10.3 Å². The van der Waals surface area contributed by atoms with E-state index in [0.29, 0.717) is 12.0 Å². The van der Waals surface area contributed by atoms with Gasteiger partial charge in [-0.05, 0) is 19.4 Å². The fourth-order valence-electron chi connectivity index (χ4n) is 2.04. The minimum absolute atomic E-state index is 0.644. The molecule has 2 rings (SSSR count). The van der Waals surface area contributed by atoms with Gasteiger partial charge in [0.1, 0.15) is 0 Å². The highest BCUT2D eigenvalue weighted by Crippen LogP contribution is 2.27. The van der Waals surface area contributed by atoms with E-state index in [1.807, 2.05) is 6.20 Å². The first-order valence-corrected chi connectivity index (χ1v) is 4.63. The summed E-state index contributed by atoms with van der Waals surface area (Å²) in [6.07, 6.45) is 6.14. The monoisotopic (exact) mass is 165 g/mol. The summed E-state index contributed by atoms with van der Waals surface area (Å²) >= 11 is 0.